The van der Waals surface area contributed by atoms with E-state index in [-0.39, 0.29) is 23.0 Å². The maximum atomic E-state index is 13.1. The van der Waals surface area contributed by atoms with Gasteiger partial charge >= 0.3 is 0 Å². The first-order valence-electron chi connectivity index (χ1n) is 17.3. The highest BCUT2D eigenvalue weighted by Gasteiger charge is 2.45. The summed E-state index contributed by atoms with van der Waals surface area (Å²) in [6, 6.07) is 16.3. The number of hydrogen-bond donors (Lipinski definition) is 2. The number of aryl methyl sites for hydroxylation is 3. The summed E-state index contributed by atoms with van der Waals surface area (Å²) in [6.45, 7) is 5.74. The molecule has 1 amide bonds. The standard InChI is InChI=1S/C39H40ClN7O3/c1-22-18-25-20-41-46(3)38(49)34(25)36(42-22)43-29-11-6-8-26(23(29)2)27-9-5-10-28(35(27)40)30-19-24-13-14-31(33(24)37(44-30)50-4)47-17-16-39(21-47)15-7-12-32(48)45-39/h5-6,8-11,18-20,31H,7,12-17,21H2,1-4H3,(H,42,43)(H,45,48). The van der Waals surface area contributed by atoms with Crippen molar-refractivity contribution in [3.8, 4) is 28.3 Å². The quantitative estimate of drug-likeness (QED) is 0.200. The number of fused-ring (bicyclic) bond motifs is 2. The lowest BCUT2D eigenvalue weighted by atomic mass is 9.88. The van der Waals surface area contributed by atoms with Gasteiger partial charge in [0.2, 0.25) is 11.8 Å². The highest BCUT2D eigenvalue weighted by Crippen LogP contribution is 2.47. The molecule has 2 aliphatic heterocycles. The highest BCUT2D eigenvalue weighted by atomic mass is 35.5. The van der Waals surface area contributed by atoms with Gasteiger partial charge in [0.25, 0.3) is 5.56 Å². The van der Waals surface area contributed by atoms with Crippen molar-refractivity contribution in [3.63, 3.8) is 0 Å². The normalized spacial score (nSPS) is 20.3. The number of halogens is 1. The van der Waals surface area contributed by atoms with Crippen molar-refractivity contribution in [3.05, 3.63) is 92.5 Å². The van der Waals surface area contributed by atoms with E-state index >= 15 is 0 Å². The SMILES string of the molecule is COc1nc(-c2cccc(-c3cccc(Nc4nc(C)cc5cnn(C)c(=O)c45)c3C)c2Cl)cc2c1C(N1CCC3(CCCC(=O)N3)C1)CC2. The molecule has 3 aromatic heterocycles. The molecule has 11 heteroatoms. The highest BCUT2D eigenvalue weighted by molar-refractivity contribution is 6.36. The number of piperidine rings is 1. The van der Waals surface area contributed by atoms with Crippen LogP contribution in [0.15, 0.2) is 59.5 Å². The fourth-order valence-electron chi connectivity index (χ4n) is 8.33. The van der Waals surface area contributed by atoms with E-state index in [4.69, 9.17) is 26.3 Å². The van der Waals surface area contributed by atoms with E-state index in [1.807, 2.05) is 50.2 Å². The maximum Gasteiger partial charge on any atom is 0.278 e. The maximum absolute atomic E-state index is 13.1. The third-order valence-electron chi connectivity index (χ3n) is 10.8. The summed E-state index contributed by atoms with van der Waals surface area (Å²) >= 11 is 7.27. The third kappa shape index (κ3) is 5.51. The van der Waals surface area contributed by atoms with Gasteiger partial charge in [0.1, 0.15) is 5.82 Å². The van der Waals surface area contributed by atoms with Crippen LogP contribution < -0.4 is 20.9 Å². The molecular weight excluding hydrogens is 650 g/mol. The summed E-state index contributed by atoms with van der Waals surface area (Å²) in [7, 11) is 3.32. The lowest BCUT2D eigenvalue weighted by molar-refractivity contribution is -0.125. The predicted octanol–water partition coefficient (Wildman–Crippen LogP) is 6.81. The van der Waals surface area contributed by atoms with E-state index in [2.05, 4.69) is 32.8 Å². The molecule has 2 fully saturated rings. The Labute approximate surface area is 295 Å². The fourth-order valence-corrected chi connectivity index (χ4v) is 8.66. The molecule has 10 nitrogen and oxygen atoms in total. The topological polar surface area (TPSA) is 114 Å². The number of aromatic nitrogens is 4. The molecule has 1 aliphatic carbocycles. The van der Waals surface area contributed by atoms with Crippen molar-refractivity contribution in [1.82, 2.24) is 30.0 Å². The molecule has 3 aliphatic rings. The second kappa shape index (κ2) is 12.5. The molecule has 2 aromatic carbocycles. The van der Waals surface area contributed by atoms with E-state index in [1.54, 1.807) is 20.4 Å². The van der Waals surface area contributed by atoms with Gasteiger partial charge in [-0.2, -0.15) is 5.10 Å². The molecule has 5 aromatic rings. The van der Waals surface area contributed by atoms with Crippen LogP contribution in [0.1, 0.15) is 60.5 Å². The average molecular weight is 690 g/mol. The molecule has 5 heterocycles. The van der Waals surface area contributed by atoms with Crippen molar-refractivity contribution >= 4 is 39.8 Å². The molecule has 2 saturated heterocycles. The van der Waals surface area contributed by atoms with Crippen molar-refractivity contribution in [2.45, 2.75) is 64.0 Å². The zero-order chi connectivity index (χ0) is 34.7. The Bertz CT molecular complexity index is 2250. The number of carbonyl (C=O) groups is 1. The van der Waals surface area contributed by atoms with Gasteiger partial charge in [-0.3, -0.25) is 14.5 Å². The van der Waals surface area contributed by atoms with Gasteiger partial charge < -0.3 is 15.4 Å². The minimum Gasteiger partial charge on any atom is -0.481 e. The number of hydrogen-bond acceptors (Lipinski definition) is 8. The summed E-state index contributed by atoms with van der Waals surface area (Å²) in [5.41, 5.74) is 8.07. The van der Waals surface area contributed by atoms with Gasteiger partial charge in [-0.05, 0) is 80.8 Å². The van der Waals surface area contributed by atoms with Crippen LogP contribution in [0.4, 0.5) is 11.5 Å². The van der Waals surface area contributed by atoms with Crippen LogP contribution in [0.5, 0.6) is 5.88 Å². The van der Waals surface area contributed by atoms with Gasteiger partial charge in [-0.25, -0.2) is 14.6 Å². The van der Waals surface area contributed by atoms with E-state index in [0.29, 0.717) is 28.5 Å². The Morgan fingerprint density at radius 2 is 1.82 bits per heavy atom. The molecule has 0 bridgehead atoms. The predicted molar refractivity (Wildman–Crippen MR) is 196 cm³/mol. The minimum absolute atomic E-state index is 0.115. The number of pyridine rings is 2. The van der Waals surface area contributed by atoms with Crippen LogP contribution >= 0.6 is 11.6 Å². The van der Waals surface area contributed by atoms with E-state index in [0.717, 1.165) is 95.5 Å². The largest absolute Gasteiger partial charge is 0.481 e. The molecule has 256 valence electrons. The summed E-state index contributed by atoms with van der Waals surface area (Å²) in [4.78, 5) is 37.6. The van der Waals surface area contributed by atoms with Gasteiger partial charge in [0.05, 0.1) is 34.9 Å². The lowest BCUT2D eigenvalue weighted by Gasteiger charge is -2.35. The lowest BCUT2D eigenvalue weighted by Crippen LogP contribution is -2.53. The zero-order valence-corrected chi connectivity index (χ0v) is 29.5. The number of nitrogens with one attached hydrogen (secondary N) is 2. The van der Waals surface area contributed by atoms with E-state index < -0.39 is 0 Å². The van der Waals surface area contributed by atoms with Crippen molar-refractivity contribution in [1.29, 1.82) is 0 Å². The number of anilines is 2. The molecule has 2 unspecified atom stereocenters. The van der Waals surface area contributed by atoms with Gasteiger partial charge in [0, 0.05) is 66.1 Å². The van der Waals surface area contributed by atoms with E-state index in [9.17, 15) is 9.59 Å². The number of amides is 1. The van der Waals surface area contributed by atoms with Crippen LogP contribution in [0.2, 0.25) is 5.02 Å². The monoisotopic (exact) mass is 689 g/mol. The third-order valence-corrected chi connectivity index (χ3v) is 11.2. The van der Waals surface area contributed by atoms with Crippen molar-refractivity contribution in [2.75, 3.05) is 25.5 Å². The Hall–Kier alpha value is -4.80. The van der Waals surface area contributed by atoms with Crippen LogP contribution in [0, 0.1) is 13.8 Å². The van der Waals surface area contributed by atoms with Gasteiger partial charge in [0.15, 0.2) is 0 Å². The molecular formula is C39H40ClN7O3. The average Bonchev–Trinajstić information content (AvgIpc) is 3.71. The number of carbonyl (C=O) groups excluding carboxylic acids is 1. The van der Waals surface area contributed by atoms with E-state index in [1.165, 1.54) is 10.2 Å². The molecule has 1 spiro atoms. The minimum atomic E-state index is -0.215. The summed E-state index contributed by atoms with van der Waals surface area (Å²) in [6.07, 6.45) is 7.19. The van der Waals surface area contributed by atoms with Crippen LogP contribution in [-0.4, -0.2) is 56.3 Å². The second-order valence-electron chi connectivity index (χ2n) is 14.0. The fraction of sp³-hybridized carbons (Fsp3) is 0.359. The Kier molecular flexibility index (Phi) is 8.11. The molecule has 2 atom stereocenters. The summed E-state index contributed by atoms with van der Waals surface area (Å²) in [5.74, 6) is 1.30. The number of methoxy groups -OCH3 is 1. The van der Waals surface area contributed by atoms with Crippen molar-refractivity contribution in [2.24, 2.45) is 7.05 Å². The molecule has 2 N–H and O–H groups in total. The number of ether oxygens (including phenoxy) is 1. The van der Waals surface area contributed by atoms with Crippen LogP contribution in [0.3, 0.4) is 0 Å². The van der Waals surface area contributed by atoms with Crippen molar-refractivity contribution < 1.29 is 9.53 Å². The van der Waals surface area contributed by atoms with Crippen LogP contribution in [-0.2, 0) is 18.3 Å². The summed E-state index contributed by atoms with van der Waals surface area (Å²) in [5, 5.41) is 12.8. The summed E-state index contributed by atoms with van der Waals surface area (Å²) < 4.78 is 7.29. The first kappa shape index (κ1) is 32.4. The molecule has 8 rings (SSSR count). The van der Waals surface area contributed by atoms with Gasteiger partial charge in [-0.15, -0.1) is 0 Å². The Balaban J connectivity index is 1.12. The van der Waals surface area contributed by atoms with Crippen LogP contribution in [0.25, 0.3) is 33.2 Å². The smallest absolute Gasteiger partial charge is 0.278 e. The van der Waals surface area contributed by atoms with Gasteiger partial charge in [-0.1, -0.05) is 41.9 Å². The first-order chi connectivity index (χ1) is 24.1. The Morgan fingerprint density at radius 3 is 2.64 bits per heavy atom. The zero-order valence-electron chi connectivity index (χ0n) is 28.8. The molecule has 50 heavy (non-hydrogen) atoms. The number of nitrogens with zero attached hydrogens (tertiary/aromatic N) is 5. The number of likely N-dealkylation sites (tertiary alicyclic amines) is 1. The molecule has 0 radical (unpaired) electrons. The first-order valence-corrected chi connectivity index (χ1v) is 17.6. The number of rotatable bonds is 6. The second-order valence-corrected chi connectivity index (χ2v) is 14.3. The number of benzene rings is 2. The molecule has 0 saturated carbocycles. The Morgan fingerprint density at radius 1 is 1.02 bits per heavy atom.